The molecule has 2 aromatic heterocycles. The Labute approximate surface area is 159 Å². The predicted octanol–water partition coefficient (Wildman–Crippen LogP) is 3.36. The summed E-state index contributed by atoms with van der Waals surface area (Å²) in [5.41, 5.74) is 4.18. The van der Waals surface area contributed by atoms with Gasteiger partial charge in [-0.1, -0.05) is 6.07 Å². The van der Waals surface area contributed by atoms with Crippen molar-refractivity contribution >= 4 is 11.5 Å². The van der Waals surface area contributed by atoms with Gasteiger partial charge in [0.15, 0.2) is 5.65 Å². The van der Waals surface area contributed by atoms with Crippen LogP contribution in [-0.2, 0) is 0 Å². The Kier molecular flexibility index (Phi) is 4.20. The standard InChI is InChI=1S/C21H25N5O/c1-15-11-16-13-18(12-15)27-10-9-25-7-2-3-17(25)4-6-22-20-5-8-26-21(24-20)19(16)14-23-26/h5,8,11-14,17H,2-4,6-7,9-10H2,1H3,(H,22,24)/t17-/m1/s1. The molecule has 1 N–H and O–H groups in total. The molecule has 2 aliphatic heterocycles. The van der Waals surface area contributed by atoms with Crippen molar-refractivity contribution in [3.8, 4) is 16.9 Å². The van der Waals surface area contributed by atoms with E-state index in [1.165, 1.54) is 24.9 Å². The maximum Gasteiger partial charge on any atom is 0.165 e. The number of nitrogens with one attached hydrogen (secondary N) is 1. The van der Waals surface area contributed by atoms with Gasteiger partial charge in [-0.25, -0.2) is 9.50 Å². The van der Waals surface area contributed by atoms with Gasteiger partial charge in [-0.3, -0.25) is 4.90 Å². The third-order valence-corrected chi connectivity index (χ3v) is 5.66. The molecule has 27 heavy (non-hydrogen) atoms. The Morgan fingerprint density at radius 3 is 3.11 bits per heavy atom. The number of aryl methyl sites for hydroxylation is 1. The number of aromatic nitrogens is 3. The number of benzene rings is 1. The summed E-state index contributed by atoms with van der Waals surface area (Å²) >= 11 is 0. The maximum atomic E-state index is 6.13. The fourth-order valence-electron chi connectivity index (χ4n) is 4.32. The summed E-state index contributed by atoms with van der Waals surface area (Å²) in [5.74, 6) is 1.83. The van der Waals surface area contributed by atoms with E-state index in [9.17, 15) is 0 Å². The van der Waals surface area contributed by atoms with E-state index in [1.54, 1.807) is 0 Å². The van der Waals surface area contributed by atoms with E-state index in [4.69, 9.17) is 9.72 Å². The van der Waals surface area contributed by atoms with E-state index in [0.29, 0.717) is 6.04 Å². The van der Waals surface area contributed by atoms with Gasteiger partial charge >= 0.3 is 0 Å². The van der Waals surface area contributed by atoms with Crippen LogP contribution in [0.4, 0.5) is 5.82 Å². The Morgan fingerprint density at radius 1 is 1.19 bits per heavy atom. The van der Waals surface area contributed by atoms with Crippen LogP contribution in [0.2, 0.25) is 0 Å². The maximum absolute atomic E-state index is 6.13. The molecule has 5 rings (SSSR count). The van der Waals surface area contributed by atoms with E-state index in [2.05, 4.69) is 40.4 Å². The van der Waals surface area contributed by atoms with Crippen LogP contribution >= 0.6 is 0 Å². The third kappa shape index (κ3) is 3.25. The van der Waals surface area contributed by atoms with Crippen LogP contribution in [0, 0.1) is 6.92 Å². The van der Waals surface area contributed by atoms with Gasteiger partial charge in [0.2, 0.25) is 0 Å². The first kappa shape index (κ1) is 16.6. The largest absolute Gasteiger partial charge is 0.492 e. The van der Waals surface area contributed by atoms with Crippen molar-refractivity contribution in [2.75, 3.05) is 31.6 Å². The van der Waals surface area contributed by atoms with E-state index in [1.807, 2.05) is 23.0 Å². The van der Waals surface area contributed by atoms with Crippen LogP contribution in [0.3, 0.4) is 0 Å². The van der Waals surface area contributed by atoms with Crippen molar-refractivity contribution in [1.29, 1.82) is 0 Å². The number of rotatable bonds is 0. The van der Waals surface area contributed by atoms with Crippen molar-refractivity contribution in [3.05, 3.63) is 42.2 Å². The first-order chi connectivity index (χ1) is 13.3. The molecule has 0 amide bonds. The summed E-state index contributed by atoms with van der Waals surface area (Å²) in [6.07, 6.45) is 7.55. The molecular weight excluding hydrogens is 338 g/mol. The summed E-state index contributed by atoms with van der Waals surface area (Å²) in [5, 5.41) is 7.98. The molecule has 0 saturated carbocycles. The second-order valence-electron chi connectivity index (χ2n) is 7.57. The monoisotopic (exact) mass is 363 g/mol. The second-order valence-corrected chi connectivity index (χ2v) is 7.57. The summed E-state index contributed by atoms with van der Waals surface area (Å²) in [6, 6.07) is 9.01. The average Bonchev–Trinajstić information content (AvgIpc) is 3.27. The fourth-order valence-corrected chi connectivity index (χ4v) is 4.32. The molecular formula is C21H25N5O. The Morgan fingerprint density at radius 2 is 2.15 bits per heavy atom. The quantitative estimate of drug-likeness (QED) is 0.664. The van der Waals surface area contributed by atoms with Crippen LogP contribution in [-0.4, -0.2) is 51.8 Å². The number of hydrogen-bond donors (Lipinski definition) is 1. The van der Waals surface area contributed by atoms with Gasteiger partial charge in [-0.15, -0.1) is 0 Å². The third-order valence-electron chi connectivity index (χ3n) is 5.66. The number of ether oxygens (including phenoxy) is 1. The SMILES string of the molecule is Cc1cc2cc(c1)-c1cnn3ccc(nc13)NCC[C@H]1CCCN1CCO2. The number of anilines is 1. The fraction of sp³-hybridized carbons (Fsp3) is 0.429. The van der Waals surface area contributed by atoms with Gasteiger partial charge in [0.05, 0.1) is 6.20 Å². The van der Waals surface area contributed by atoms with E-state index in [-0.39, 0.29) is 0 Å². The summed E-state index contributed by atoms with van der Waals surface area (Å²) in [4.78, 5) is 7.40. The van der Waals surface area contributed by atoms with Gasteiger partial charge in [0.25, 0.3) is 0 Å². The van der Waals surface area contributed by atoms with Crippen molar-refractivity contribution in [2.24, 2.45) is 0 Å². The number of fused-ring (bicyclic) bond motifs is 5. The van der Waals surface area contributed by atoms with E-state index >= 15 is 0 Å². The lowest BCUT2D eigenvalue weighted by atomic mass is 10.1. The molecule has 4 heterocycles. The normalized spacial score (nSPS) is 20.6. The molecule has 140 valence electrons. The Balaban J connectivity index is 1.56. The van der Waals surface area contributed by atoms with Crippen molar-refractivity contribution < 1.29 is 4.74 Å². The van der Waals surface area contributed by atoms with E-state index in [0.717, 1.165) is 54.5 Å². The van der Waals surface area contributed by atoms with Crippen LogP contribution < -0.4 is 10.1 Å². The van der Waals surface area contributed by atoms with Gasteiger partial charge in [-0.05, 0) is 62.1 Å². The zero-order valence-corrected chi connectivity index (χ0v) is 15.7. The molecule has 0 spiro atoms. The Bertz CT molecular complexity index is 966. The molecule has 3 aromatic rings. The smallest absolute Gasteiger partial charge is 0.165 e. The van der Waals surface area contributed by atoms with Gasteiger partial charge in [0, 0.05) is 30.9 Å². The van der Waals surface area contributed by atoms with Gasteiger partial charge < -0.3 is 10.1 Å². The highest BCUT2D eigenvalue weighted by Crippen LogP contribution is 2.29. The van der Waals surface area contributed by atoms with Gasteiger partial charge in [-0.2, -0.15) is 5.10 Å². The average molecular weight is 363 g/mol. The number of hydrogen-bond acceptors (Lipinski definition) is 5. The first-order valence-electron chi connectivity index (χ1n) is 9.83. The molecule has 1 fully saturated rings. The lowest BCUT2D eigenvalue weighted by Crippen LogP contribution is -2.34. The predicted molar refractivity (Wildman–Crippen MR) is 106 cm³/mol. The molecule has 1 atom stereocenters. The molecule has 1 saturated heterocycles. The first-order valence-corrected chi connectivity index (χ1v) is 9.83. The second kappa shape index (κ2) is 6.85. The van der Waals surface area contributed by atoms with Crippen LogP contribution in [0.5, 0.6) is 5.75 Å². The van der Waals surface area contributed by atoms with Crippen LogP contribution in [0.1, 0.15) is 24.8 Å². The zero-order chi connectivity index (χ0) is 18.2. The van der Waals surface area contributed by atoms with Crippen LogP contribution in [0.15, 0.2) is 36.7 Å². The molecule has 2 aliphatic rings. The molecule has 6 nitrogen and oxygen atoms in total. The summed E-state index contributed by atoms with van der Waals surface area (Å²) < 4.78 is 7.97. The highest BCUT2D eigenvalue weighted by Gasteiger charge is 2.24. The summed E-state index contributed by atoms with van der Waals surface area (Å²) in [6.45, 7) is 5.92. The van der Waals surface area contributed by atoms with Crippen molar-refractivity contribution in [1.82, 2.24) is 19.5 Å². The van der Waals surface area contributed by atoms with Crippen molar-refractivity contribution in [3.63, 3.8) is 0 Å². The molecule has 6 heteroatoms. The molecule has 0 radical (unpaired) electrons. The minimum atomic E-state index is 0.633. The van der Waals surface area contributed by atoms with Crippen molar-refractivity contribution in [2.45, 2.75) is 32.2 Å². The molecule has 0 unspecified atom stereocenters. The van der Waals surface area contributed by atoms with Gasteiger partial charge in [0.1, 0.15) is 18.2 Å². The zero-order valence-electron chi connectivity index (χ0n) is 15.7. The minimum absolute atomic E-state index is 0.633. The lowest BCUT2D eigenvalue weighted by Gasteiger charge is -2.24. The highest BCUT2D eigenvalue weighted by molar-refractivity contribution is 5.78. The number of nitrogens with zero attached hydrogens (tertiary/aromatic N) is 4. The topological polar surface area (TPSA) is 54.7 Å². The summed E-state index contributed by atoms with van der Waals surface area (Å²) in [7, 11) is 0. The van der Waals surface area contributed by atoms with Crippen LogP contribution in [0.25, 0.3) is 16.8 Å². The Hall–Kier alpha value is -2.60. The lowest BCUT2D eigenvalue weighted by molar-refractivity contribution is 0.192. The van der Waals surface area contributed by atoms with E-state index < -0.39 is 0 Å². The molecule has 1 aromatic carbocycles. The molecule has 4 bridgehead atoms. The minimum Gasteiger partial charge on any atom is -0.492 e. The molecule has 0 aliphatic carbocycles. The highest BCUT2D eigenvalue weighted by atomic mass is 16.5.